The average molecular weight is 203 g/mol. The molecule has 0 saturated heterocycles. The van der Waals surface area contributed by atoms with E-state index in [0.717, 1.165) is 11.3 Å². The van der Waals surface area contributed by atoms with Gasteiger partial charge in [0, 0.05) is 0 Å². The third kappa shape index (κ3) is 1.01. The van der Waals surface area contributed by atoms with Gasteiger partial charge in [0.1, 0.15) is 5.84 Å². The number of hydrogen-bond acceptors (Lipinski definition) is 5. The van der Waals surface area contributed by atoms with Crippen molar-refractivity contribution in [2.45, 2.75) is 11.1 Å². The Kier molecular flexibility index (Phi) is 1.45. The first-order valence-electron chi connectivity index (χ1n) is 3.12. The minimum atomic E-state index is -3.47. The minimum Gasteiger partial charge on any atom is -0.326 e. The molecule has 0 spiro atoms. The van der Waals surface area contributed by atoms with E-state index in [1.807, 2.05) is 0 Å². The van der Waals surface area contributed by atoms with Crippen LogP contribution in [-0.2, 0) is 10.0 Å². The number of nitrogens with one attached hydrogen (secondary N) is 1. The maximum absolute atomic E-state index is 11.3. The number of hydrogen-bond donors (Lipinski definition) is 1. The van der Waals surface area contributed by atoms with E-state index >= 15 is 0 Å². The molecule has 7 heteroatoms. The van der Waals surface area contributed by atoms with Crippen LogP contribution in [0.4, 0.5) is 5.82 Å². The molecule has 64 valence electrons. The lowest BCUT2D eigenvalue weighted by atomic mass is 10.6. The Balaban J connectivity index is 2.72. The lowest BCUT2D eigenvalue weighted by Crippen LogP contribution is -2.17. The normalized spacial score (nSPS) is 19.2. The Labute approximate surface area is 73.2 Å². The molecule has 1 aliphatic rings. The average Bonchev–Trinajstić information content (AvgIpc) is 2.32. The minimum absolute atomic E-state index is 0.188. The molecule has 1 N–H and O–H groups in total. The SMILES string of the molecule is CC1=NS(=O)(=O)c2scnc2N1. The van der Waals surface area contributed by atoms with Crippen LogP contribution in [0.5, 0.6) is 0 Å². The van der Waals surface area contributed by atoms with Crippen LogP contribution in [0.1, 0.15) is 6.92 Å². The second kappa shape index (κ2) is 2.27. The molecule has 0 radical (unpaired) electrons. The highest BCUT2D eigenvalue weighted by atomic mass is 32.2. The zero-order valence-corrected chi connectivity index (χ0v) is 7.74. The third-order valence-electron chi connectivity index (χ3n) is 1.33. The van der Waals surface area contributed by atoms with E-state index in [1.54, 1.807) is 6.92 Å². The summed E-state index contributed by atoms with van der Waals surface area (Å²) in [5.74, 6) is 0.737. The number of sulfonamides is 1. The summed E-state index contributed by atoms with van der Waals surface area (Å²) in [6.45, 7) is 1.58. The van der Waals surface area contributed by atoms with Gasteiger partial charge in [-0.1, -0.05) is 0 Å². The van der Waals surface area contributed by atoms with Crippen LogP contribution in [0.25, 0.3) is 0 Å². The first-order chi connectivity index (χ1) is 5.59. The van der Waals surface area contributed by atoms with Crippen LogP contribution in [0.2, 0.25) is 0 Å². The summed E-state index contributed by atoms with van der Waals surface area (Å²) in [4.78, 5) is 3.85. The van der Waals surface area contributed by atoms with Crippen molar-refractivity contribution < 1.29 is 8.42 Å². The molecular formula is C5H5N3O2S2. The quantitative estimate of drug-likeness (QED) is 0.673. The highest BCUT2D eigenvalue weighted by Gasteiger charge is 2.25. The standard InChI is InChI=1S/C5H5N3O2S2/c1-3-7-4-5(11-2-6-4)12(9,10)8-3/h2H,1H3,(H,7,8). The molecule has 0 unspecified atom stereocenters. The maximum Gasteiger partial charge on any atom is 0.297 e. The molecule has 2 heterocycles. The van der Waals surface area contributed by atoms with Gasteiger partial charge in [-0.3, -0.25) is 0 Å². The van der Waals surface area contributed by atoms with Crippen LogP contribution >= 0.6 is 11.3 Å². The van der Waals surface area contributed by atoms with E-state index in [-0.39, 0.29) is 4.21 Å². The van der Waals surface area contributed by atoms with Gasteiger partial charge in [0.05, 0.1) is 5.51 Å². The van der Waals surface area contributed by atoms with E-state index in [4.69, 9.17) is 0 Å². The molecule has 5 nitrogen and oxygen atoms in total. The molecule has 0 aromatic carbocycles. The van der Waals surface area contributed by atoms with Crippen molar-refractivity contribution in [1.29, 1.82) is 0 Å². The first kappa shape index (κ1) is 7.69. The van der Waals surface area contributed by atoms with Gasteiger partial charge in [-0.15, -0.1) is 15.7 Å². The highest BCUT2D eigenvalue weighted by Crippen LogP contribution is 2.29. The Hall–Kier alpha value is -0.950. The van der Waals surface area contributed by atoms with Crippen molar-refractivity contribution in [2.75, 3.05) is 5.32 Å². The van der Waals surface area contributed by atoms with Gasteiger partial charge in [-0.25, -0.2) is 4.98 Å². The van der Waals surface area contributed by atoms with Gasteiger partial charge in [-0.2, -0.15) is 8.42 Å². The second-order valence-corrected chi connectivity index (χ2v) is 4.92. The van der Waals surface area contributed by atoms with E-state index in [2.05, 4.69) is 14.7 Å². The lowest BCUT2D eigenvalue weighted by Gasteiger charge is -2.09. The predicted molar refractivity (Wildman–Crippen MR) is 46.0 cm³/mol. The van der Waals surface area contributed by atoms with E-state index in [1.165, 1.54) is 5.51 Å². The molecule has 2 rings (SSSR count). The molecule has 0 aliphatic carbocycles. The van der Waals surface area contributed by atoms with Crippen LogP contribution in [0, 0.1) is 0 Å². The summed E-state index contributed by atoms with van der Waals surface area (Å²) >= 11 is 1.07. The largest absolute Gasteiger partial charge is 0.326 e. The Morgan fingerprint density at radius 1 is 1.58 bits per heavy atom. The molecule has 1 aliphatic heterocycles. The molecular weight excluding hydrogens is 198 g/mol. The second-order valence-electron chi connectivity index (χ2n) is 2.27. The molecule has 0 amide bonds. The van der Waals surface area contributed by atoms with Crippen molar-refractivity contribution in [3.63, 3.8) is 0 Å². The highest BCUT2D eigenvalue weighted by molar-refractivity contribution is 7.92. The third-order valence-corrected chi connectivity index (χ3v) is 4.04. The molecule has 0 fully saturated rings. The summed E-state index contributed by atoms with van der Waals surface area (Å²) in [7, 11) is -3.47. The van der Waals surface area contributed by atoms with Crippen molar-refractivity contribution in [1.82, 2.24) is 4.98 Å². The van der Waals surface area contributed by atoms with Gasteiger partial charge in [-0.05, 0) is 6.92 Å². The smallest absolute Gasteiger partial charge is 0.297 e. The molecule has 1 aromatic rings. The van der Waals surface area contributed by atoms with Crippen molar-refractivity contribution in [3.8, 4) is 0 Å². The predicted octanol–water partition coefficient (Wildman–Crippen LogP) is 0.676. The Bertz CT molecular complexity index is 445. The lowest BCUT2D eigenvalue weighted by molar-refractivity contribution is 0.599. The fourth-order valence-electron chi connectivity index (χ4n) is 0.918. The number of amidine groups is 1. The van der Waals surface area contributed by atoms with Crippen LogP contribution < -0.4 is 5.32 Å². The number of fused-ring (bicyclic) bond motifs is 1. The van der Waals surface area contributed by atoms with Gasteiger partial charge in [0.25, 0.3) is 10.0 Å². The summed E-state index contributed by atoms with van der Waals surface area (Å²) in [5, 5.41) is 2.77. The topological polar surface area (TPSA) is 71.4 Å². The summed E-state index contributed by atoms with van der Waals surface area (Å²) in [5.41, 5.74) is 1.48. The van der Waals surface area contributed by atoms with Gasteiger partial charge in [0.15, 0.2) is 10.0 Å². The molecule has 0 bridgehead atoms. The molecule has 1 aromatic heterocycles. The fourth-order valence-corrected chi connectivity index (χ4v) is 2.95. The van der Waals surface area contributed by atoms with Gasteiger partial charge in [0.2, 0.25) is 0 Å². The van der Waals surface area contributed by atoms with Gasteiger partial charge < -0.3 is 5.32 Å². The number of thiazole rings is 1. The van der Waals surface area contributed by atoms with E-state index in [0.29, 0.717) is 11.7 Å². The molecule has 0 saturated carbocycles. The van der Waals surface area contributed by atoms with Crippen LogP contribution in [-0.4, -0.2) is 19.2 Å². The summed E-state index contributed by atoms with van der Waals surface area (Å²) in [6, 6.07) is 0. The summed E-state index contributed by atoms with van der Waals surface area (Å²) < 4.78 is 26.2. The number of rotatable bonds is 0. The van der Waals surface area contributed by atoms with Crippen molar-refractivity contribution in [3.05, 3.63) is 5.51 Å². The molecule has 0 atom stereocenters. The van der Waals surface area contributed by atoms with Crippen LogP contribution in [0.3, 0.4) is 0 Å². The van der Waals surface area contributed by atoms with E-state index < -0.39 is 10.0 Å². The molecule has 12 heavy (non-hydrogen) atoms. The monoisotopic (exact) mass is 203 g/mol. The fraction of sp³-hybridized carbons (Fsp3) is 0.200. The van der Waals surface area contributed by atoms with Crippen molar-refractivity contribution >= 4 is 33.0 Å². The Morgan fingerprint density at radius 2 is 2.33 bits per heavy atom. The van der Waals surface area contributed by atoms with E-state index in [9.17, 15) is 8.42 Å². The number of aromatic nitrogens is 1. The summed E-state index contributed by atoms with van der Waals surface area (Å²) in [6.07, 6.45) is 0. The van der Waals surface area contributed by atoms with Crippen molar-refractivity contribution in [2.24, 2.45) is 4.40 Å². The maximum atomic E-state index is 11.3. The zero-order valence-electron chi connectivity index (χ0n) is 6.10. The first-order valence-corrected chi connectivity index (χ1v) is 5.43. The Morgan fingerprint density at radius 3 is 3.08 bits per heavy atom. The van der Waals surface area contributed by atoms with Crippen LogP contribution in [0.15, 0.2) is 14.1 Å². The number of anilines is 1. The zero-order chi connectivity index (χ0) is 8.77. The number of nitrogens with zero attached hydrogens (tertiary/aromatic N) is 2. The van der Waals surface area contributed by atoms with Gasteiger partial charge >= 0.3 is 0 Å².